The van der Waals surface area contributed by atoms with Crippen LogP contribution in [0.4, 0.5) is 0 Å². The largest absolute Gasteiger partial charge is 0.390 e. The Hall–Kier alpha value is -0.0400. The van der Waals surface area contributed by atoms with Crippen molar-refractivity contribution in [3.8, 4) is 0 Å². The molecule has 0 aromatic heterocycles. The van der Waals surface area contributed by atoms with Crippen molar-refractivity contribution in [3.63, 3.8) is 0 Å². The lowest BCUT2D eigenvalue weighted by atomic mass is 9.65. The molecule has 2 rings (SSSR count). The second kappa shape index (κ2) is 1.89. The monoisotopic (exact) mass is 171 g/mol. The van der Waals surface area contributed by atoms with Gasteiger partial charge in [-0.05, 0) is 37.4 Å². The number of aliphatic hydroxyl groups is 1. The third-order valence-electron chi connectivity index (χ3n) is 4.89. The van der Waals surface area contributed by atoms with Crippen LogP contribution in [0, 0.1) is 16.7 Å². The van der Waals surface area contributed by atoms with Gasteiger partial charge >= 0.3 is 0 Å². The third-order valence-corrected chi connectivity index (χ3v) is 4.89. The second-order valence-electron chi connectivity index (χ2n) is 5.35. The van der Waals surface area contributed by atoms with Crippen LogP contribution < -0.4 is 0 Å². The zero-order valence-corrected chi connectivity index (χ0v) is 8.15. The lowest BCUT2D eigenvalue weighted by Crippen LogP contribution is -2.44. The topological polar surface area (TPSA) is 20.2 Å². The smallest absolute Gasteiger partial charge is 0.0681 e. The minimum absolute atomic E-state index is 0.0594. The predicted octanol–water partition coefficient (Wildman–Crippen LogP) is 2.58. The Labute approximate surface area is 79.4 Å². The second-order valence-corrected chi connectivity index (χ2v) is 5.35. The Morgan fingerprint density at radius 1 is 1.42 bits per heavy atom. The van der Waals surface area contributed by atoms with Crippen LogP contribution in [0.25, 0.3) is 0 Å². The fourth-order valence-electron chi connectivity index (χ4n) is 3.28. The summed E-state index contributed by atoms with van der Waals surface area (Å²) in [6.07, 6.45) is 2.33. The van der Waals surface area contributed by atoms with E-state index < -0.39 is 17.9 Å². The van der Waals surface area contributed by atoms with Gasteiger partial charge in [-0.1, -0.05) is 20.8 Å². The van der Waals surface area contributed by atoms with Crippen molar-refractivity contribution in [3.05, 3.63) is 0 Å². The number of fused-ring (bicyclic) bond motifs is 2. The summed E-state index contributed by atoms with van der Waals surface area (Å²) < 4.78 is 22.7. The normalized spacial score (nSPS) is 61.0. The van der Waals surface area contributed by atoms with Crippen LogP contribution in [0.2, 0.25) is 0 Å². The van der Waals surface area contributed by atoms with Crippen LogP contribution in [0.15, 0.2) is 0 Å². The first-order valence-corrected chi connectivity index (χ1v) is 4.79. The van der Waals surface area contributed by atoms with E-state index in [1.54, 1.807) is 0 Å². The molecule has 70 valence electrons. The zero-order chi connectivity index (χ0) is 11.7. The van der Waals surface area contributed by atoms with E-state index in [-0.39, 0.29) is 5.41 Å². The van der Waals surface area contributed by atoms with Gasteiger partial charge in [-0.15, -0.1) is 0 Å². The molecule has 1 N–H and O–H groups in total. The van der Waals surface area contributed by atoms with Gasteiger partial charge in [0.25, 0.3) is 0 Å². The minimum Gasteiger partial charge on any atom is -0.390 e. The van der Waals surface area contributed by atoms with Crippen LogP contribution in [-0.4, -0.2) is 10.7 Å². The van der Waals surface area contributed by atoms with Gasteiger partial charge in [0.05, 0.1) is 5.60 Å². The van der Waals surface area contributed by atoms with E-state index in [0.717, 1.165) is 12.8 Å². The van der Waals surface area contributed by atoms with Crippen molar-refractivity contribution in [2.75, 3.05) is 0 Å². The first-order valence-electron chi connectivity index (χ1n) is 6.29. The van der Waals surface area contributed by atoms with Gasteiger partial charge in [0.15, 0.2) is 0 Å². The average Bonchev–Trinajstić information content (AvgIpc) is 2.34. The first kappa shape index (κ1) is 5.64. The molecule has 2 aliphatic carbocycles. The Bertz CT molecular complexity index is 295. The molecule has 2 aliphatic rings. The van der Waals surface area contributed by atoms with E-state index in [2.05, 4.69) is 13.8 Å². The Morgan fingerprint density at radius 2 is 2.08 bits per heavy atom. The molecule has 1 heteroatoms. The van der Waals surface area contributed by atoms with Crippen LogP contribution in [0.3, 0.4) is 0 Å². The molecule has 0 amide bonds. The number of rotatable bonds is 0. The van der Waals surface area contributed by atoms with E-state index in [1.807, 2.05) is 6.92 Å². The van der Waals surface area contributed by atoms with Crippen molar-refractivity contribution in [1.82, 2.24) is 0 Å². The van der Waals surface area contributed by atoms with Gasteiger partial charge in [0, 0.05) is 9.53 Å². The summed E-state index contributed by atoms with van der Waals surface area (Å²) in [6.45, 7) is 3.91. The Morgan fingerprint density at radius 3 is 2.33 bits per heavy atom. The van der Waals surface area contributed by atoms with E-state index in [4.69, 9.17) is 4.11 Å². The van der Waals surface area contributed by atoms with Crippen LogP contribution >= 0.6 is 0 Å². The molecule has 12 heavy (non-hydrogen) atoms. The van der Waals surface area contributed by atoms with Crippen LogP contribution in [0.1, 0.15) is 51.0 Å². The van der Waals surface area contributed by atoms with Gasteiger partial charge in [-0.3, -0.25) is 0 Å². The molecule has 3 atom stereocenters. The highest BCUT2D eigenvalue weighted by Crippen LogP contribution is 2.69. The molecule has 0 spiro atoms. The first-order chi connectivity index (χ1) is 6.56. The van der Waals surface area contributed by atoms with Gasteiger partial charge in [0.2, 0.25) is 0 Å². The highest BCUT2D eigenvalue weighted by atomic mass is 16.3. The lowest BCUT2D eigenvalue weighted by Gasteiger charge is -2.43. The SMILES string of the molecule is [2H]C([2H])([2H])[C@]1(O)C[C@@H]2CC[C@@]1(C)C2(C)C. The van der Waals surface area contributed by atoms with Crippen molar-refractivity contribution in [2.24, 2.45) is 16.7 Å². The lowest BCUT2D eigenvalue weighted by molar-refractivity contribution is -0.0745. The molecule has 0 aromatic carbocycles. The molecule has 2 saturated carbocycles. The highest BCUT2D eigenvalue weighted by Gasteiger charge is 2.66. The summed E-state index contributed by atoms with van der Waals surface area (Å²) in [6, 6.07) is 0. The zero-order valence-electron chi connectivity index (χ0n) is 11.1. The van der Waals surface area contributed by atoms with Gasteiger partial charge < -0.3 is 5.11 Å². The molecule has 2 bridgehead atoms. The molecule has 0 aromatic rings. The van der Waals surface area contributed by atoms with E-state index >= 15 is 0 Å². The summed E-state index contributed by atoms with van der Waals surface area (Å²) in [5.41, 5.74) is -2.00. The van der Waals surface area contributed by atoms with Crippen molar-refractivity contribution >= 4 is 0 Å². The molecule has 0 heterocycles. The standard InChI is InChI=1S/C11H20O/c1-9(2)8-5-6-10(9,3)11(4,12)7-8/h8,12H,5-7H2,1-4H3/t8-,10-,11-/m0/s1/i4D3. The number of hydrogen-bond donors (Lipinski definition) is 1. The van der Waals surface area contributed by atoms with E-state index in [9.17, 15) is 5.11 Å². The molecule has 1 nitrogen and oxygen atoms in total. The number of hydrogen-bond acceptors (Lipinski definition) is 1. The molecule has 0 radical (unpaired) electrons. The molecule has 0 aliphatic heterocycles. The summed E-state index contributed by atoms with van der Waals surface area (Å²) in [4.78, 5) is 0. The fourth-order valence-corrected chi connectivity index (χ4v) is 3.28. The minimum atomic E-state index is -2.26. The summed E-state index contributed by atoms with van der Waals surface area (Å²) in [7, 11) is 0. The van der Waals surface area contributed by atoms with Gasteiger partial charge in [-0.2, -0.15) is 0 Å². The van der Waals surface area contributed by atoms with Crippen molar-refractivity contribution in [2.45, 2.75) is 52.5 Å². The molecular weight excluding hydrogens is 148 g/mol. The van der Waals surface area contributed by atoms with Crippen LogP contribution in [0.5, 0.6) is 0 Å². The third kappa shape index (κ3) is 0.654. The van der Waals surface area contributed by atoms with Gasteiger partial charge in [0.1, 0.15) is 0 Å². The maximum atomic E-state index is 10.6. The van der Waals surface area contributed by atoms with Crippen molar-refractivity contribution in [1.29, 1.82) is 0 Å². The van der Waals surface area contributed by atoms with E-state index in [0.29, 0.717) is 12.3 Å². The summed E-state index contributed by atoms with van der Waals surface area (Å²) >= 11 is 0. The summed E-state index contributed by atoms with van der Waals surface area (Å²) in [5, 5.41) is 10.6. The highest BCUT2D eigenvalue weighted by molar-refractivity contribution is 5.16. The summed E-state index contributed by atoms with van der Waals surface area (Å²) in [5.74, 6) is 0.355. The van der Waals surface area contributed by atoms with Crippen molar-refractivity contribution < 1.29 is 9.22 Å². The molecular formula is C11H20O. The Kier molecular flexibility index (Phi) is 0.890. The van der Waals surface area contributed by atoms with E-state index in [1.165, 1.54) is 0 Å². The molecule has 0 saturated heterocycles. The molecule has 2 fully saturated rings. The average molecular weight is 171 g/mol. The molecule has 0 unspecified atom stereocenters. The predicted molar refractivity (Wildman–Crippen MR) is 49.9 cm³/mol. The maximum Gasteiger partial charge on any atom is 0.0681 e. The quantitative estimate of drug-likeness (QED) is 0.594. The Balaban J connectivity index is 2.50. The maximum absolute atomic E-state index is 10.6. The van der Waals surface area contributed by atoms with Gasteiger partial charge in [-0.25, -0.2) is 0 Å². The van der Waals surface area contributed by atoms with Crippen LogP contribution in [-0.2, 0) is 0 Å². The fraction of sp³-hybridized carbons (Fsp3) is 1.00.